The van der Waals surface area contributed by atoms with Gasteiger partial charge in [-0.15, -0.1) is 0 Å². The number of carbonyl (C=O) groups excluding carboxylic acids is 2. The van der Waals surface area contributed by atoms with Crippen LogP contribution in [0.5, 0.6) is 0 Å². The molecule has 1 N–H and O–H groups in total. The Morgan fingerprint density at radius 3 is 2.67 bits per heavy atom. The van der Waals surface area contributed by atoms with Gasteiger partial charge in [0.15, 0.2) is 0 Å². The summed E-state index contributed by atoms with van der Waals surface area (Å²) in [7, 11) is 0. The molecule has 0 aromatic heterocycles. The number of hydrogen-bond acceptors (Lipinski definition) is 3. The van der Waals surface area contributed by atoms with Gasteiger partial charge in [0.25, 0.3) is 0 Å². The number of anilines is 1. The first-order valence-corrected chi connectivity index (χ1v) is 8.98. The summed E-state index contributed by atoms with van der Waals surface area (Å²) in [5, 5.41) is 3.42. The fourth-order valence-corrected chi connectivity index (χ4v) is 3.09. The first-order valence-electron chi connectivity index (χ1n) is 8.60. The average molecular weight is 352 g/mol. The van der Waals surface area contributed by atoms with Crippen LogP contribution in [0.15, 0.2) is 24.3 Å². The Kier molecular flexibility index (Phi) is 7.06. The van der Waals surface area contributed by atoms with Crippen LogP contribution in [0.4, 0.5) is 5.69 Å². The molecule has 0 bridgehead atoms. The molecule has 2 rings (SSSR count). The van der Waals surface area contributed by atoms with Crippen LogP contribution >= 0.6 is 11.6 Å². The maximum absolute atomic E-state index is 12.5. The fourth-order valence-electron chi connectivity index (χ4n) is 2.91. The normalized spacial score (nSPS) is 17.2. The number of nitrogens with zero attached hydrogens (tertiary/aromatic N) is 2. The molecule has 1 aromatic rings. The number of benzene rings is 1. The van der Waals surface area contributed by atoms with Gasteiger partial charge in [-0.3, -0.25) is 14.5 Å². The number of amides is 2. The Balaban J connectivity index is 1.92. The van der Waals surface area contributed by atoms with Crippen LogP contribution in [0, 0.1) is 0 Å². The highest BCUT2D eigenvalue weighted by molar-refractivity contribution is 6.33. The van der Waals surface area contributed by atoms with E-state index in [1.54, 1.807) is 12.1 Å². The highest BCUT2D eigenvalue weighted by atomic mass is 35.5. The van der Waals surface area contributed by atoms with Gasteiger partial charge in [-0.1, -0.05) is 30.7 Å². The van der Waals surface area contributed by atoms with Crippen LogP contribution in [-0.2, 0) is 9.59 Å². The SMILES string of the molecule is CCCC(=O)N1CCCN([C@H](C)C(=O)Nc2ccccc2Cl)CC1. The van der Waals surface area contributed by atoms with Crippen molar-refractivity contribution in [3.05, 3.63) is 29.3 Å². The van der Waals surface area contributed by atoms with Crippen molar-refractivity contribution in [1.82, 2.24) is 9.80 Å². The molecule has 132 valence electrons. The van der Waals surface area contributed by atoms with Gasteiger partial charge >= 0.3 is 0 Å². The summed E-state index contributed by atoms with van der Waals surface area (Å²) in [5.74, 6) is 0.143. The highest BCUT2D eigenvalue weighted by Gasteiger charge is 2.25. The number of halogens is 1. The van der Waals surface area contributed by atoms with E-state index < -0.39 is 0 Å². The molecule has 0 radical (unpaired) electrons. The summed E-state index contributed by atoms with van der Waals surface area (Å²) in [5.41, 5.74) is 0.630. The molecule has 6 heteroatoms. The number of hydrogen-bond donors (Lipinski definition) is 1. The molecule has 5 nitrogen and oxygen atoms in total. The van der Waals surface area contributed by atoms with Crippen molar-refractivity contribution in [3.63, 3.8) is 0 Å². The van der Waals surface area contributed by atoms with Gasteiger partial charge in [0, 0.05) is 32.6 Å². The smallest absolute Gasteiger partial charge is 0.241 e. The lowest BCUT2D eigenvalue weighted by atomic mass is 10.2. The molecular weight excluding hydrogens is 326 g/mol. The standard InChI is InChI=1S/C18H26ClN3O2/c1-3-7-17(23)22-11-6-10-21(12-13-22)14(2)18(24)20-16-9-5-4-8-15(16)19/h4-5,8-9,14H,3,6-7,10-13H2,1-2H3,(H,20,24)/t14-/m1/s1. The molecule has 1 aliphatic rings. The van der Waals surface area contributed by atoms with Gasteiger partial charge in [0.05, 0.1) is 16.8 Å². The Labute approximate surface area is 149 Å². The number of para-hydroxylation sites is 1. The van der Waals surface area contributed by atoms with Crippen molar-refractivity contribution >= 4 is 29.1 Å². The van der Waals surface area contributed by atoms with Gasteiger partial charge < -0.3 is 10.2 Å². The fraction of sp³-hybridized carbons (Fsp3) is 0.556. The zero-order valence-corrected chi connectivity index (χ0v) is 15.2. The van der Waals surface area contributed by atoms with Crippen LogP contribution < -0.4 is 5.32 Å². The Bertz CT molecular complexity index is 579. The van der Waals surface area contributed by atoms with E-state index in [1.807, 2.05) is 30.9 Å². The molecule has 0 unspecified atom stereocenters. The first kappa shape index (κ1) is 18.7. The molecule has 1 aliphatic heterocycles. The second-order valence-corrected chi connectivity index (χ2v) is 6.57. The monoisotopic (exact) mass is 351 g/mol. The zero-order valence-electron chi connectivity index (χ0n) is 14.4. The van der Waals surface area contributed by atoms with Crippen LogP contribution in [0.25, 0.3) is 0 Å². The topological polar surface area (TPSA) is 52.7 Å². The maximum atomic E-state index is 12.5. The molecule has 2 amide bonds. The molecule has 24 heavy (non-hydrogen) atoms. The second kappa shape index (κ2) is 9.04. The lowest BCUT2D eigenvalue weighted by Gasteiger charge is -2.27. The summed E-state index contributed by atoms with van der Waals surface area (Å²) in [4.78, 5) is 28.6. The third-order valence-electron chi connectivity index (χ3n) is 4.41. The lowest BCUT2D eigenvalue weighted by Crippen LogP contribution is -2.44. The minimum Gasteiger partial charge on any atom is -0.341 e. The van der Waals surface area contributed by atoms with Crippen molar-refractivity contribution in [3.8, 4) is 0 Å². The van der Waals surface area contributed by atoms with E-state index in [4.69, 9.17) is 11.6 Å². The van der Waals surface area contributed by atoms with Crippen molar-refractivity contribution in [2.24, 2.45) is 0 Å². The van der Waals surface area contributed by atoms with Crippen LogP contribution in [0.3, 0.4) is 0 Å². The van der Waals surface area contributed by atoms with E-state index in [9.17, 15) is 9.59 Å². The second-order valence-electron chi connectivity index (χ2n) is 6.17. The third-order valence-corrected chi connectivity index (χ3v) is 4.74. The van der Waals surface area contributed by atoms with Gasteiger partial charge in [-0.05, 0) is 31.9 Å². The Morgan fingerprint density at radius 1 is 1.21 bits per heavy atom. The molecule has 1 atom stereocenters. The molecular formula is C18H26ClN3O2. The lowest BCUT2D eigenvalue weighted by molar-refractivity contribution is -0.131. The van der Waals surface area contributed by atoms with E-state index in [0.29, 0.717) is 30.2 Å². The summed E-state index contributed by atoms with van der Waals surface area (Å²) in [6.07, 6.45) is 2.36. The first-order chi connectivity index (χ1) is 11.5. The average Bonchev–Trinajstić information content (AvgIpc) is 2.82. The molecule has 0 saturated carbocycles. The van der Waals surface area contributed by atoms with Gasteiger partial charge in [-0.2, -0.15) is 0 Å². The Morgan fingerprint density at radius 2 is 1.96 bits per heavy atom. The van der Waals surface area contributed by atoms with Crippen LogP contribution in [-0.4, -0.2) is 53.8 Å². The quantitative estimate of drug-likeness (QED) is 0.887. The predicted molar refractivity (Wildman–Crippen MR) is 97.2 cm³/mol. The van der Waals surface area contributed by atoms with Crippen molar-refractivity contribution in [1.29, 1.82) is 0 Å². The van der Waals surface area contributed by atoms with E-state index >= 15 is 0 Å². The maximum Gasteiger partial charge on any atom is 0.241 e. The van der Waals surface area contributed by atoms with Crippen molar-refractivity contribution in [2.45, 2.75) is 39.2 Å². The largest absolute Gasteiger partial charge is 0.341 e. The van der Waals surface area contributed by atoms with Crippen LogP contribution in [0.2, 0.25) is 5.02 Å². The van der Waals surface area contributed by atoms with Crippen LogP contribution in [0.1, 0.15) is 33.1 Å². The van der Waals surface area contributed by atoms with Crippen molar-refractivity contribution in [2.75, 3.05) is 31.5 Å². The molecule has 1 saturated heterocycles. The van der Waals surface area contributed by atoms with E-state index in [1.165, 1.54) is 0 Å². The summed E-state index contributed by atoms with van der Waals surface area (Å²) in [6.45, 7) is 6.90. The summed E-state index contributed by atoms with van der Waals surface area (Å²) >= 11 is 6.10. The van der Waals surface area contributed by atoms with E-state index in [0.717, 1.165) is 25.9 Å². The number of carbonyl (C=O) groups is 2. The van der Waals surface area contributed by atoms with E-state index in [2.05, 4.69) is 10.2 Å². The molecule has 1 heterocycles. The molecule has 0 aliphatic carbocycles. The summed E-state index contributed by atoms with van der Waals surface area (Å²) in [6, 6.07) is 6.96. The van der Waals surface area contributed by atoms with Gasteiger partial charge in [0.1, 0.15) is 0 Å². The molecule has 1 fully saturated rings. The van der Waals surface area contributed by atoms with E-state index in [-0.39, 0.29) is 17.9 Å². The predicted octanol–water partition coefficient (Wildman–Crippen LogP) is 3.00. The molecule has 1 aromatic carbocycles. The van der Waals surface area contributed by atoms with Gasteiger partial charge in [0.2, 0.25) is 11.8 Å². The third kappa shape index (κ3) is 4.95. The highest BCUT2D eigenvalue weighted by Crippen LogP contribution is 2.21. The summed E-state index contributed by atoms with van der Waals surface area (Å²) < 4.78 is 0. The Hall–Kier alpha value is -1.59. The van der Waals surface area contributed by atoms with Crippen molar-refractivity contribution < 1.29 is 9.59 Å². The minimum absolute atomic E-state index is 0.0727. The molecule has 0 spiro atoms. The zero-order chi connectivity index (χ0) is 17.5. The number of nitrogens with one attached hydrogen (secondary N) is 1. The van der Waals surface area contributed by atoms with Gasteiger partial charge in [-0.25, -0.2) is 0 Å². The minimum atomic E-state index is -0.262. The number of rotatable bonds is 5.